The number of benzene rings is 2. The largest absolute Gasteiger partial charge is 0.463 e. The predicted octanol–water partition coefficient (Wildman–Crippen LogP) is 4.63. The highest BCUT2D eigenvalue weighted by atomic mass is 32.2. The summed E-state index contributed by atoms with van der Waals surface area (Å²) in [4.78, 5) is 14.2. The molecule has 9 nitrogen and oxygen atoms in total. The highest BCUT2D eigenvalue weighted by Gasteiger charge is 2.33. The maximum atomic E-state index is 12.4. The average Bonchev–Trinajstić information content (AvgIpc) is 3.26. The Bertz CT molecular complexity index is 1350. The number of rotatable bonds is 12. The zero-order valence-corrected chi connectivity index (χ0v) is 24.0. The summed E-state index contributed by atoms with van der Waals surface area (Å²) >= 11 is 0. The highest BCUT2D eigenvalue weighted by molar-refractivity contribution is 7.88. The van der Waals surface area contributed by atoms with Crippen LogP contribution in [0.5, 0.6) is 5.75 Å². The van der Waals surface area contributed by atoms with Crippen LogP contribution in [-0.2, 0) is 36.6 Å². The van der Waals surface area contributed by atoms with E-state index in [1.165, 1.54) is 0 Å². The number of carbonyl (C=O) groups is 1. The number of cyclic esters (lactones) is 1. The number of nitrogens with two attached hydrogens (primary N) is 1. The van der Waals surface area contributed by atoms with Gasteiger partial charge < -0.3 is 23.8 Å². The SMILES string of the molecule is CC1(C)OCc2cc([C@@H]3CN(CCCCCCOCCC#Cc4ccccc4CS(N)(=O)=O)C(=O)O3)ccc2O1. The molecule has 0 bridgehead atoms. The molecule has 0 aromatic heterocycles. The third-order valence-corrected chi connectivity index (χ3v) is 7.42. The monoisotopic (exact) mass is 570 g/mol. The van der Waals surface area contributed by atoms with Crippen molar-refractivity contribution in [3.05, 3.63) is 64.7 Å². The number of unbranched alkanes of at least 4 members (excludes halogenated alkanes) is 3. The van der Waals surface area contributed by atoms with E-state index in [-0.39, 0.29) is 18.0 Å². The van der Waals surface area contributed by atoms with Crippen LogP contribution in [0, 0.1) is 11.8 Å². The summed E-state index contributed by atoms with van der Waals surface area (Å²) in [5.74, 6) is 5.99. The highest BCUT2D eigenvalue weighted by Crippen LogP contribution is 2.35. The summed E-state index contributed by atoms with van der Waals surface area (Å²) in [5.41, 5.74) is 3.19. The van der Waals surface area contributed by atoms with Gasteiger partial charge in [-0.15, -0.1) is 0 Å². The fourth-order valence-corrected chi connectivity index (χ4v) is 5.34. The van der Waals surface area contributed by atoms with Crippen LogP contribution >= 0.6 is 0 Å². The Balaban J connectivity index is 1.08. The number of carbonyl (C=O) groups excluding carboxylic acids is 1. The lowest BCUT2D eigenvalue weighted by Crippen LogP contribution is -2.35. The van der Waals surface area contributed by atoms with Gasteiger partial charge in [0, 0.05) is 44.5 Å². The molecule has 40 heavy (non-hydrogen) atoms. The van der Waals surface area contributed by atoms with Crippen LogP contribution in [0.1, 0.15) is 74.3 Å². The van der Waals surface area contributed by atoms with E-state index in [1.54, 1.807) is 23.1 Å². The van der Waals surface area contributed by atoms with Crippen molar-refractivity contribution in [2.45, 2.75) is 70.2 Å². The Morgan fingerprint density at radius 3 is 2.73 bits per heavy atom. The van der Waals surface area contributed by atoms with Gasteiger partial charge >= 0.3 is 6.09 Å². The normalized spacial score (nSPS) is 17.9. The molecule has 1 atom stereocenters. The van der Waals surface area contributed by atoms with Gasteiger partial charge in [0.1, 0.15) is 11.9 Å². The first-order valence-corrected chi connectivity index (χ1v) is 15.4. The minimum Gasteiger partial charge on any atom is -0.463 e. The number of primary sulfonamides is 1. The molecule has 1 fully saturated rings. The predicted molar refractivity (Wildman–Crippen MR) is 151 cm³/mol. The molecule has 0 spiro atoms. The van der Waals surface area contributed by atoms with Gasteiger partial charge in [-0.25, -0.2) is 18.4 Å². The van der Waals surface area contributed by atoms with Gasteiger partial charge in [0.2, 0.25) is 15.8 Å². The number of hydrogen-bond donors (Lipinski definition) is 1. The number of fused-ring (bicyclic) bond motifs is 1. The van der Waals surface area contributed by atoms with Crippen molar-refractivity contribution < 1.29 is 32.2 Å². The van der Waals surface area contributed by atoms with Crippen LogP contribution in [0.2, 0.25) is 0 Å². The molecule has 0 saturated carbocycles. The smallest absolute Gasteiger partial charge is 0.410 e. The lowest BCUT2D eigenvalue weighted by atomic mass is 10.0. The second-order valence-electron chi connectivity index (χ2n) is 10.5. The molecule has 216 valence electrons. The van der Waals surface area contributed by atoms with E-state index >= 15 is 0 Å². The summed E-state index contributed by atoms with van der Waals surface area (Å²) in [6, 6.07) is 13.0. The fourth-order valence-electron chi connectivity index (χ4n) is 4.65. The van der Waals surface area contributed by atoms with E-state index in [9.17, 15) is 13.2 Å². The number of sulfonamides is 1. The Hall–Kier alpha value is -3.10. The minimum absolute atomic E-state index is 0.229. The number of hydrogen-bond acceptors (Lipinski definition) is 7. The van der Waals surface area contributed by atoms with Gasteiger partial charge in [-0.1, -0.05) is 48.9 Å². The molecule has 2 aliphatic rings. The third kappa shape index (κ3) is 8.96. The molecule has 4 rings (SSSR count). The molecule has 0 aliphatic carbocycles. The van der Waals surface area contributed by atoms with Crippen LogP contribution in [0.4, 0.5) is 4.79 Å². The molecular weight excluding hydrogens is 532 g/mol. The number of amides is 1. The molecule has 2 aliphatic heterocycles. The first-order valence-electron chi connectivity index (χ1n) is 13.7. The minimum atomic E-state index is -3.61. The second kappa shape index (κ2) is 13.5. The molecule has 0 radical (unpaired) electrons. The Morgan fingerprint density at radius 2 is 1.90 bits per heavy atom. The van der Waals surface area contributed by atoms with Crippen LogP contribution in [0.3, 0.4) is 0 Å². The molecular formula is C30H38N2O7S. The number of nitrogens with zero attached hydrogens (tertiary/aromatic N) is 1. The van der Waals surface area contributed by atoms with Crippen LogP contribution in [0.25, 0.3) is 0 Å². The maximum Gasteiger partial charge on any atom is 0.410 e. The molecule has 2 N–H and O–H groups in total. The first-order chi connectivity index (χ1) is 19.1. The second-order valence-corrected chi connectivity index (χ2v) is 12.1. The van der Waals surface area contributed by atoms with E-state index in [1.807, 2.05) is 38.1 Å². The van der Waals surface area contributed by atoms with Gasteiger partial charge in [-0.05, 0) is 42.2 Å². The number of ether oxygens (including phenoxy) is 4. The Morgan fingerprint density at radius 1 is 1.10 bits per heavy atom. The van der Waals surface area contributed by atoms with Gasteiger partial charge in [0.05, 0.1) is 25.5 Å². The molecule has 0 unspecified atom stereocenters. The standard InChI is InChI=1S/C30H38N2O7S/c1-30(2)37-21-26-19-24(14-15-27(26)39-30)28-20-32(29(33)38-28)16-8-3-4-9-17-36-18-10-7-12-23-11-5-6-13-25(23)22-40(31,34)35/h5-6,11,13-15,19,28H,3-4,8-10,16-18,20-22H2,1-2H3,(H2,31,34,35)/t28-/m0/s1. The fraction of sp³-hybridized carbons (Fsp3) is 0.500. The van der Waals surface area contributed by atoms with Crippen LogP contribution in [0.15, 0.2) is 42.5 Å². The third-order valence-electron chi connectivity index (χ3n) is 6.71. The molecule has 10 heteroatoms. The summed E-state index contributed by atoms with van der Waals surface area (Å²) in [5, 5.41) is 5.15. The topological polar surface area (TPSA) is 117 Å². The zero-order valence-electron chi connectivity index (χ0n) is 23.2. The summed E-state index contributed by atoms with van der Waals surface area (Å²) in [6.45, 7) is 6.62. The first kappa shape index (κ1) is 29.9. The van der Waals surface area contributed by atoms with E-state index < -0.39 is 15.8 Å². The summed E-state index contributed by atoms with van der Waals surface area (Å²) in [6.07, 6.45) is 3.87. The molecule has 2 aromatic rings. The van der Waals surface area contributed by atoms with Crippen molar-refractivity contribution in [3.8, 4) is 17.6 Å². The lowest BCUT2D eigenvalue weighted by molar-refractivity contribution is -0.180. The summed E-state index contributed by atoms with van der Waals surface area (Å²) in [7, 11) is -3.61. The van der Waals surface area contributed by atoms with Gasteiger partial charge in [0.25, 0.3) is 0 Å². The molecule has 2 heterocycles. The van der Waals surface area contributed by atoms with Crippen molar-refractivity contribution in [1.82, 2.24) is 4.90 Å². The summed E-state index contributed by atoms with van der Waals surface area (Å²) < 4.78 is 45.6. The van der Waals surface area contributed by atoms with Crippen LogP contribution < -0.4 is 9.88 Å². The quantitative estimate of drug-likeness (QED) is 0.292. The average molecular weight is 571 g/mol. The van der Waals surface area contributed by atoms with Gasteiger partial charge in [-0.2, -0.15) is 0 Å². The van der Waals surface area contributed by atoms with E-state index in [2.05, 4.69) is 11.8 Å². The molecule has 2 aromatic carbocycles. The van der Waals surface area contributed by atoms with Gasteiger partial charge in [0.15, 0.2) is 0 Å². The Kier molecular flexibility index (Phi) is 10.1. The van der Waals surface area contributed by atoms with Crippen molar-refractivity contribution in [2.24, 2.45) is 5.14 Å². The van der Waals surface area contributed by atoms with Crippen molar-refractivity contribution in [3.63, 3.8) is 0 Å². The maximum absolute atomic E-state index is 12.4. The van der Waals surface area contributed by atoms with Crippen molar-refractivity contribution in [2.75, 3.05) is 26.3 Å². The van der Waals surface area contributed by atoms with E-state index in [0.717, 1.165) is 42.6 Å². The molecule has 1 amide bonds. The van der Waals surface area contributed by atoms with Crippen LogP contribution in [-0.4, -0.2) is 51.5 Å². The molecule has 1 saturated heterocycles. The van der Waals surface area contributed by atoms with Gasteiger partial charge in [-0.3, -0.25) is 0 Å². The Labute approximate surface area is 237 Å². The zero-order chi connectivity index (χ0) is 28.6. The van der Waals surface area contributed by atoms with Crippen molar-refractivity contribution in [1.29, 1.82) is 0 Å². The lowest BCUT2D eigenvalue weighted by Gasteiger charge is -2.32. The van der Waals surface area contributed by atoms with E-state index in [0.29, 0.717) is 50.5 Å². The van der Waals surface area contributed by atoms with Crippen molar-refractivity contribution >= 4 is 16.1 Å². The van der Waals surface area contributed by atoms with E-state index in [4.69, 9.17) is 24.1 Å².